The van der Waals surface area contributed by atoms with Crippen molar-refractivity contribution in [2.75, 3.05) is 32.2 Å². The number of hydrogen-bond donors (Lipinski definition) is 2. The number of aliphatic imine (C=N–C) groups is 1. The molecule has 0 amide bonds. The van der Waals surface area contributed by atoms with E-state index in [-0.39, 0.29) is 29.4 Å². The first-order valence-electron chi connectivity index (χ1n) is 9.42. The quantitative estimate of drug-likeness (QED) is 0.358. The van der Waals surface area contributed by atoms with Crippen molar-refractivity contribution in [3.8, 4) is 0 Å². The number of ether oxygens (including phenoxy) is 2. The minimum absolute atomic E-state index is 0. The van der Waals surface area contributed by atoms with Crippen LogP contribution in [0.1, 0.15) is 29.5 Å². The van der Waals surface area contributed by atoms with Gasteiger partial charge < -0.3 is 20.5 Å². The number of nitrogens with two attached hydrogens (primary N) is 1. The number of nitrogens with one attached hydrogen (secondary N) is 1. The SMILES string of the molecule is COCc1ccccc1NC(N)=NCC1(c2ccccc2C)CCOCC1.I. The highest BCUT2D eigenvalue weighted by molar-refractivity contribution is 14.0. The van der Waals surface area contributed by atoms with Crippen LogP contribution in [-0.4, -0.2) is 32.8 Å². The normalized spacial score (nSPS) is 16.3. The zero-order chi connectivity index (χ0) is 19.1. The van der Waals surface area contributed by atoms with E-state index >= 15 is 0 Å². The van der Waals surface area contributed by atoms with Gasteiger partial charge in [0, 0.05) is 37.0 Å². The Morgan fingerprint density at radius 2 is 1.82 bits per heavy atom. The molecule has 0 saturated carbocycles. The lowest BCUT2D eigenvalue weighted by Gasteiger charge is -2.37. The zero-order valence-electron chi connectivity index (χ0n) is 16.6. The van der Waals surface area contributed by atoms with Crippen LogP contribution in [0.15, 0.2) is 53.5 Å². The number of nitrogens with zero attached hydrogens (tertiary/aromatic N) is 1. The van der Waals surface area contributed by atoms with E-state index in [9.17, 15) is 0 Å². The van der Waals surface area contributed by atoms with Crippen molar-refractivity contribution in [1.29, 1.82) is 0 Å². The van der Waals surface area contributed by atoms with E-state index in [4.69, 9.17) is 20.2 Å². The summed E-state index contributed by atoms with van der Waals surface area (Å²) in [5.41, 5.74) is 10.8. The average molecular weight is 495 g/mol. The van der Waals surface area contributed by atoms with Crippen LogP contribution < -0.4 is 11.1 Å². The summed E-state index contributed by atoms with van der Waals surface area (Å²) < 4.78 is 10.9. The zero-order valence-corrected chi connectivity index (χ0v) is 18.9. The number of methoxy groups -OCH3 is 1. The molecule has 0 radical (unpaired) electrons. The smallest absolute Gasteiger partial charge is 0.193 e. The van der Waals surface area contributed by atoms with Crippen LogP contribution in [-0.2, 0) is 21.5 Å². The predicted molar refractivity (Wildman–Crippen MR) is 126 cm³/mol. The van der Waals surface area contributed by atoms with Crippen molar-refractivity contribution in [2.24, 2.45) is 10.7 Å². The number of benzene rings is 2. The molecule has 5 nitrogen and oxygen atoms in total. The molecular formula is C22H30IN3O2. The molecule has 0 atom stereocenters. The molecule has 1 saturated heterocycles. The largest absolute Gasteiger partial charge is 0.381 e. The van der Waals surface area contributed by atoms with Gasteiger partial charge in [0.15, 0.2) is 5.96 Å². The Hall–Kier alpha value is -1.64. The van der Waals surface area contributed by atoms with Gasteiger partial charge in [0.2, 0.25) is 0 Å². The number of guanidine groups is 1. The first-order valence-corrected chi connectivity index (χ1v) is 9.42. The van der Waals surface area contributed by atoms with Crippen LogP contribution in [0.3, 0.4) is 0 Å². The van der Waals surface area contributed by atoms with E-state index in [2.05, 4.69) is 36.5 Å². The van der Waals surface area contributed by atoms with Crippen LogP contribution in [0.25, 0.3) is 0 Å². The Bertz CT molecular complexity index is 789. The van der Waals surface area contributed by atoms with E-state index in [0.29, 0.717) is 19.1 Å². The maximum absolute atomic E-state index is 6.23. The molecule has 2 aromatic rings. The number of para-hydroxylation sites is 1. The predicted octanol–water partition coefficient (Wildman–Crippen LogP) is 4.23. The number of halogens is 1. The Labute approximate surface area is 184 Å². The first-order chi connectivity index (χ1) is 13.1. The number of aryl methyl sites for hydroxylation is 1. The van der Waals surface area contributed by atoms with E-state index in [1.54, 1.807) is 7.11 Å². The molecule has 0 aliphatic carbocycles. The molecule has 0 unspecified atom stereocenters. The van der Waals surface area contributed by atoms with Gasteiger partial charge in [-0.3, -0.25) is 4.99 Å². The molecule has 0 aromatic heterocycles. The summed E-state index contributed by atoms with van der Waals surface area (Å²) in [4.78, 5) is 4.72. The van der Waals surface area contributed by atoms with Gasteiger partial charge in [0.25, 0.3) is 0 Å². The van der Waals surface area contributed by atoms with Crippen LogP contribution in [0.5, 0.6) is 0 Å². The molecule has 2 aromatic carbocycles. The van der Waals surface area contributed by atoms with Gasteiger partial charge in [0.1, 0.15) is 0 Å². The van der Waals surface area contributed by atoms with Gasteiger partial charge in [-0.1, -0.05) is 42.5 Å². The molecule has 6 heteroatoms. The second-order valence-electron chi connectivity index (χ2n) is 7.12. The summed E-state index contributed by atoms with van der Waals surface area (Å²) >= 11 is 0. The van der Waals surface area contributed by atoms with Crippen LogP contribution in [0, 0.1) is 6.92 Å². The lowest BCUT2D eigenvalue weighted by atomic mass is 9.72. The Morgan fingerprint density at radius 1 is 1.14 bits per heavy atom. The van der Waals surface area contributed by atoms with Crippen molar-refractivity contribution in [3.05, 3.63) is 65.2 Å². The molecule has 152 valence electrons. The maximum atomic E-state index is 6.23. The molecule has 3 rings (SSSR count). The van der Waals surface area contributed by atoms with Crippen molar-refractivity contribution in [1.82, 2.24) is 0 Å². The second kappa shape index (κ2) is 10.8. The van der Waals surface area contributed by atoms with E-state index in [1.807, 2.05) is 24.3 Å². The third-order valence-electron chi connectivity index (χ3n) is 5.30. The summed E-state index contributed by atoms with van der Waals surface area (Å²) in [6.45, 7) is 4.86. The van der Waals surface area contributed by atoms with Crippen molar-refractivity contribution in [2.45, 2.75) is 31.8 Å². The molecule has 3 N–H and O–H groups in total. The Balaban J connectivity index is 0.00000280. The highest BCUT2D eigenvalue weighted by Crippen LogP contribution is 2.37. The fraction of sp³-hybridized carbons (Fsp3) is 0.409. The van der Waals surface area contributed by atoms with Gasteiger partial charge in [0.05, 0.1) is 13.2 Å². The summed E-state index contributed by atoms with van der Waals surface area (Å²) in [5.74, 6) is 0.429. The minimum atomic E-state index is -0.0259. The highest BCUT2D eigenvalue weighted by atomic mass is 127. The number of hydrogen-bond acceptors (Lipinski definition) is 3. The summed E-state index contributed by atoms with van der Waals surface area (Å²) in [6, 6.07) is 16.5. The van der Waals surface area contributed by atoms with E-state index in [1.165, 1.54) is 11.1 Å². The van der Waals surface area contributed by atoms with Gasteiger partial charge in [-0.05, 0) is 37.0 Å². The molecule has 1 heterocycles. The Morgan fingerprint density at radius 3 is 2.54 bits per heavy atom. The summed E-state index contributed by atoms with van der Waals surface area (Å²) in [6.07, 6.45) is 1.91. The van der Waals surface area contributed by atoms with Crippen molar-refractivity contribution >= 4 is 35.6 Å². The fourth-order valence-electron chi connectivity index (χ4n) is 3.78. The van der Waals surface area contributed by atoms with Crippen molar-refractivity contribution < 1.29 is 9.47 Å². The summed E-state index contributed by atoms with van der Waals surface area (Å²) in [5, 5.41) is 3.23. The Kier molecular flexibility index (Phi) is 8.72. The van der Waals surface area contributed by atoms with Gasteiger partial charge >= 0.3 is 0 Å². The molecule has 0 spiro atoms. The molecule has 1 aliphatic rings. The van der Waals surface area contributed by atoms with Crippen molar-refractivity contribution in [3.63, 3.8) is 0 Å². The van der Waals surface area contributed by atoms with E-state index < -0.39 is 0 Å². The molecule has 1 aliphatic heterocycles. The van der Waals surface area contributed by atoms with Crippen LogP contribution >= 0.6 is 24.0 Å². The van der Waals surface area contributed by atoms with Gasteiger partial charge in [-0.2, -0.15) is 0 Å². The lowest BCUT2D eigenvalue weighted by Crippen LogP contribution is -2.38. The molecule has 1 fully saturated rings. The topological polar surface area (TPSA) is 68.9 Å². The number of anilines is 1. The first kappa shape index (κ1) is 22.6. The van der Waals surface area contributed by atoms with Crippen LogP contribution in [0.4, 0.5) is 5.69 Å². The number of rotatable bonds is 6. The lowest BCUT2D eigenvalue weighted by molar-refractivity contribution is 0.0529. The van der Waals surface area contributed by atoms with Crippen LogP contribution in [0.2, 0.25) is 0 Å². The molecular weight excluding hydrogens is 465 g/mol. The summed E-state index contributed by atoms with van der Waals surface area (Å²) in [7, 11) is 1.69. The third kappa shape index (κ3) is 5.46. The molecule has 0 bridgehead atoms. The maximum Gasteiger partial charge on any atom is 0.193 e. The third-order valence-corrected chi connectivity index (χ3v) is 5.30. The fourth-order valence-corrected chi connectivity index (χ4v) is 3.78. The average Bonchev–Trinajstić information content (AvgIpc) is 2.69. The monoisotopic (exact) mass is 495 g/mol. The minimum Gasteiger partial charge on any atom is -0.381 e. The van der Waals surface area contributed by atoms with Gasteiger partial charge in [-0.15, -0.1) is 24.0 Å². The van der Waals surface area contributed by atoms with Gasteiger partial charge in [-0.25, -0.2) is 0 Å². The second-order valence-corrected chi connectivity index (χ2v) is 7.12. The highest BCUT2D eigenvalue weighted by Gasteiger charge is 2.35. The van der Waals surface area contributed by atoms with E-state index in [0.717, 1.165) is 37.3 Å². The standard InChI is InChI=1S/C22H29N3O2.HI/c1-17-7-3-5-9-19(17)22(11-13-27-14-12-22)16-24-21(23)25-20-10-6-4-8-18(20)15-26-2;/h3-10H,11-16H2,1-2H3,(H3,23,24,25);1H. The molecule has 28 heavy (non-hydrogen) atoms.